The summed E-state index contributed by atoms with van der Waals surface area (Å²) < 4.78 is 17.5. The molecular weight excluding hydrogens is 688 g/mol. The van der Waals surface area contributed by atoms with E-state index in [1.165, 1.54) is 52.4 Å². The molecule has 312 valence electrons. The van der Waals surface area contributed by atoms with Crippen molar-refractivity contribution in [2.45, 2.75) is 236 Å². The molecule has 2 aliphatic rings. The topological polar surface area (TPSA) is 224 Å². The van der Waals surface area contributed by atoms with Gasteiger partial charge in [0, 0.05) is 6.42 Å². The van der Waals surface area contributed by atoms with Crippen LogP contribution in [-0.2, 0) is 23.8 Å². The van der Waals surface area contributed by atoms with Crippen LogP contribution in [0.15, 0.2) is 0 Å². The maximum atomic E-state index is 14.4. The van der Waals surface area contributed by atoms with Crippen molar-refractivity contribution in [1.29, 1.82) is 0 Å². The molecule has 0 bridgehead atoms. The summed E-state index contributed by atoms with van der Waals surface area (Å²) in [5.74, 6) is -2.76. The van der Waals surface area contributed by atoms with Crippen LogP contribution in [0, 0.1) is 5.41 Å². The zero-order valence-electron chi connectivity index (χ0n) is 32.9. The molecule has 0 aliphatic carbocycles. The number of unbranched alkanes of at least 4 members (excludes halogenated alkanes) is 16. The van der Waals surface area contributed by atoms with E-state index in [0.717, 1.165) is 57.8 Å². The zero-order valence-corrected chi connectivity index (χ0v) is 32.9. The van der Waals surface area contributed by atoms with E-state index in [4.69, 9.17) is 14.2 Å². The third-order valence-corrected chi connectivity index (χ3v) is 11.4. The van der Waals surface area contributed by atoms with Crippen molar-refractivity contribution < 1.29 is 64.7 Å². The first-order valence-corrected chi connectivity index (χ1v) is 20.7. The van der Waals surface area contributed by atoms with Crippen molar-refractivity contribution in [1.82, 2.24) is 0 Å². The van der Waals surface area contributed by atoms with Gasteiger partial charge in [0.05, 0.1) is 24.4 Å². The number of Topliss-reactive ketones (excluding diaryl/α,β-unsaturated/α-hetero) is 1. The van der Waals surface area contributed by atoms with Gasteiger partial charge in [-0.2, -0.15) is 0 Å². The number of ether oxygens (including phenoxy) is 3. The minimum absolute atomic E-state index is 0.105. The normalized spacial score (nSPS) is 31.5. The minimum Gasteiger partial charge on any atom is -0.480 e. The van der Waals surface area contributed by atoms with Crippen LogP contribution in [0.2, 0.25) is 0 Å². The third kappa shape index (κ3) is 14.0. The van der Waals surface area contributed by atoms with Crippen molar-refractivity contribution in [3.63, 3.8) is 0 Å². The molecule has 2 rings (SSSR count). The molecule has 2 aliphatic heterocycles. The second-order valence-electron chi connectivity index (χ2n) is 15.7. The van der Waals surface area contributed by atoms with Gasteiger partial charge < -0.3 is 55.1 Å². The van der Waals surface area contributed by atoms with Crippen LogP contribution in [0.5, 0.6) is 0 Å². The van der Waals surface area contributed by atoms with E-state index in [0.29, 0.717) is 19.3 Å². The number of carboxylic acids is 1. The molecule has 2 saturated heterocycles. The van der Waals surface area contributed by atoms with Gasteiger partial charge in [-0.25, -0.2) is 0 Å². The Bertz CT molecular complexity index is 1020. The van der Waals surface area contributed by atoms with E-state index in [9.17, 15) is 50.4 Å². The van der Waals surface area contributed by atoms with E-state index in [1.54, 1.807) is 0 Å². The molecule has 0 radical (unpaired) electrons. The summed E-state index contributed by atoms with van der Waals surface area (Å²) in [5.41, 5.74) is -2.76. The van der Waals surface area contributed by atoms with Crippen LogP contribution < -0.4 is 0 Å². The van der Waals surface area contributed by atoms with E-state index < -0.39 is 97.0 Å². The Morgan fingerprint density at radius 3 is 1.53 bits per heavy atom. The van der Waals surface area contributed by atoms with Crippen molar-refractivity contribution in [2.24, 2.45) is 5.41 Å². The maximum absolute atomic E-state index is 14.4. The standard InChI is InChI=1S/C40H74O13/c1-5-7-9-11-13-15-17-19-21-23-28(41)25-30(43)40(39(49)50,29(42)24-22-20-18-16-14-12-10-8-6-2)37-36(34(47)32(45)26(3)51-37)53-38-35(48)33(46)31(44)27(4)52-38/h26-29,31-38,41-42,44-48H,5-25H2,1-4H3,(H,49,50)/t26-,27-,28?,29?,31-,32-,33+,34+,35+,36+,37+,38?,40?/m0/s1. The van der Waals surface area contributed by atoms with Crippen molar-refractivity contribution in [3.8, 4) is 0 Å². The van der Waals surface area contributed by atoms with E-state index in [-0.39, 0.29) is 12.8 Å². The van der Waals surface area contributed by atoms with E-state index in [2.05, 4.69) is 13.8 Å². The fourth-order valence-electron chi connectivity index (χ4n) is 7.81. The van der Waals surface area contributed by atoms with Crippen molar-refractivity contribution in [2.75, 3.05) is 0 Å². The Balaban J connectivity index is 2.32. The zero-order chi connectivity index (χ0) is 39.6. The highest BCUT2D eigenvalue weighted by Gasteiger charge is 2.65. The van der Waals surface area contributed by atoms with Crippen LogP contribution in [0.3, 0.4) is 0 Å². The molecule has 13 nitrogen and oxygen atoms in total. The smallest absolute Gasteiger partial charge is 0.322 e. The monoisotopic (exact) mass is 763 g/mol. The average molecular weight is 763 g/mol. The molecule has 0 aromatic rings. The summed E-state index contributed by atoms with van der Waals surface area (Å²) in [7, 11) is 0. The Morgan fingerprint density at radius 2 is 1.04 bits per heavy atom. The number of carbonyl (C=O) groups is 2. The quantitative estimate of drug-likeness (QED) is 0.0412. The summed E-state index contributed by atoms with van der Waals surface area (Å²) in [6, 6.07) is 0. The number of carboxylic acid groups (broad SMARTS) is 1. The molecular formula is C40H74O13. The van der Waals surface area contributed by atoms with Gasteiger partial charge in [0.25, 0.3) is 0 Å². The summed E-state index contributed by atoms with van der Waals surface area (Å²) in [6.45, 7) is 7.13. The second kappa shape index (κ2) is 25.1. The van der Waals surface area contributed by atoms with E-state index in [1.807, 2.05) is 0 Å². The second-order valence-corrected chi connectivity index (χ2v) is 15.7. The van der Waals surface area contributed by atoms with Gasteiger partial charge in [-0.1, -0.05) is 129 Å². The van der Waals surface area contributed by atoms with Gasteiger partial charge in [0.1, 0.15) is 42.7 Å². The van der Waals surface area contributed by atoms with E-state index >= 15 is 0 Å². The number of hydrogen-bond donors (Lipinski definition) is 8. The first-order chi connectivity index (χ1) is 25.2. The molecule has 2 fully saturated rings. The lowest BCUT2D eigenvalue weighted by molar-refractivity contribution is -0.343. The third-order valence-electron chi connectivity index (χ3n) is 11.4. The Hall–Kier alpha value is -1.26. The molecule has 0 spiro atoms. The van der Waals surface area contributed by atoms with Crippen LogP contribution in [0.1, 0.15) is 163 Å². The van der Waals surface area contributed by atoms with Crippen LogP contribution >= 0.6 is 0 Å². The maximum Gasteiger partial charge on any atom is 0.322 e. The predicted octanol–water partition coefficient (Wildman–Crippen LogP) is 4.30. The molecule has 2 heterocycles. The molecule has 0 aromatic heterocycles. The predicted molar refractivity (Wildman–Crippen MR) is 199 cm³/mol. The number of aliphatic hydroxyl groups is 7. The number of aliphatic carboxylic acids is 1. The highest BCUT2D eigenvalue weighted by Crippen LogP contribution is 2.43. The molecule has 13 atom stereocenters. The summed E-state index contributed by atoms with van der Waals surface area (Å²) in [4.78, 5) is 27.9. The van der Waals surface area contributed by atoms with Gasteiger partial charge in [0.15, 0.2) is 17.5 Å². The molecule has 53 heavy (non-hydrogen) atoms. The number of carbonyl (C=O) groups excluding carboxylic acids is 1. The SMILES string of the molecule is CCCCCCCCCCCC(O)CC(=O)C(C(=O)O)(C(O)CCCCCCCCCCC)[C@@H]1O[C@@H](C)[C@H](O)[C@@H](O)[C@H]1OC1O[C@@H](C)[C@H](O)[C@@H](O)[C@H]1O. The highest BCUT2D eigenvalue weighted by atomic mass is 16.7. The lowest BCUT2D eigenvalue weighted by atomic mass is 9.66. The number of hydrogen-bond acceptors (Lipinski definition) is 12. The summed E-state index contributed by atoms with van der Waals surface area (Å²) in [6.07, 6.45) is -1.71. The molecule has 0 aromatic carbocycles. The van der Waals surface area contributed by atoms with Crippen LogP contribution in [-0.4, -0.2) is 126 Å². The number of rotatable bonds is 28. The molecule has 8 N–H and O–H groups in total. The highest BCUT2D eigenvalue weighted by molar-refractivity contribution is 6.05. The minimum atomic E-state index is -2.76. The average Bonchev–Trinajstić information content (AvgIpc) is 3.12. The van der Waals surface area contributed by atoms with Gasteiger partial charge in [-0.3, -0.25) is 9.59 Å². The number of aliphatic hydroxyl groups excluding tert-OH is 7. The van der Waals surface area contributed by atoms with Crippen LogP contribution in [0.4, 0.5) is 0 Å². The first kappa shape index (κ1) is 47.9. The number of ketones is 1. The first-order valence-electron chi connectivity index (χ1n) is 20.7. The Morgan fingerprint density at radius 1 is 0.604 bits per heavy atom. The molecule has 0 saturated carbocycles. The Labute approximate surface area is 317 Å². The van der Waals surface area contributed by atoms with Crippen LogP contribution in [0.25, 0.3) is 0 Å². The van der Waals surface area contributed by atoms with Gasteiger partial charge in [-0.15, -0.1) is 0 Å². The lowest BCUT2D eigenvalue weighted by Gasteiger charge is -2.51. The van der Waals surface area contributed by atoms with Gasteiger partial charge in [-0.05, 0) is 26.7 Å². The molecule has 0 amide bonds. The Kier molecular flexibility index (Phi) is 22.7. The lowest BCUT2D eigenvalue weighted by Crippen LogP contribution is -2.70. The summed E-state index contributed by atoms with van der Waals surface area (Å²) >= 11 is 0. The molecule has 13 heteroatoms. The molecule has 4 unspecified atom stereocenters. The van der Waals surface area contributed by atoms with Crippen molar-refractivity contribution >= 4 is 11.8 Å². The summed E-state index contributed by atoms with van der Waals surface area (Å²) in [5, 5.41) is 87.3. The van der Waals surface area contributed by atoms with Gasteiger partial charge in [0.2, 0.25) is 0 Å². The van der Waals surface area contributed by atoms with Gasteiger partial charge >= 0.3 is 5.97 Å². The fraction of sp³-hybridized carbons (Fsp3) is 0.950. The largest absolute Gasteiger partial charge is 0.480 e. The fourth-order valence-corrected chi connectivity index (χ4v) is 7.81. The van der Waals surface area contributed by atoms with Crippen molar-refractivity contribution in [3.05, 3.63) is 0 Å².